The summed E-state index contributed by atoms with van der Waals surface area (Å²) in [5.74, 6) is 1.86. The normalized spacial score (nSPS) is 16.1. The van der Waals surface area contributed by atoms with Crippen molar-refractivity contribution in [3.05, 3.63) is 150 Å². The Kier molecular flexibility index (Phi) is 5.75. The maximum absolute atomic E-state index is 6.57. The second kappa shape index (κ2) is 10.4. The molecule has 2 aliphatic rings. The molecular formula is C44H29N3OS. The first-order valence-electron chi connectivity index (χ1n) is 17.0. The van der Waals surface area contributed by atoms with Crippen LogP contribution >= 0.6 is 11.3 Å². The molecule has 0 bridgehead atoms. The predicted octanol–water partition coefficient (Wildman–Crippen LogP) is 12.1. The van der Waals surface area contributed by atoms with E-state index in [0.717, 1.165) is 58.2 Å². The summed E-state index contributed by atoms with van der Waals surface area (Å²) >= 11 is 1.87. The minimum atomic E-state index is 0.111. The molecule has 5 heteroatoms. The van der Waals surface area contributed by atoms with Gasteiger partial charge in [0, 0.05) is 53.2 Å². The Morgan fingerprint density at radius 3 is 2.49 bits per heavy atom. The molecule has 0 N–H and O–H groups in total. The van der Waals surface area contributed by atoms with Crippen molar-refractivity contribution in [3.8, 4) is 5.95 Å². The molecule has 0 saturated heterocycles. The number of fused-ring (bicyclic) bond motifs is 11. The van der Waals surface area contributed by atoms with Gasteiger partial charge in [-0.1, -0.05) is 103 Å². The van der Waals surface area contributed by atoms with Gasteiger partial charge >= 0.3 is 0 Å². The van der Waals surface area contributed by atoms with E-state index in [1.54, 1.807) is 0 Å². The smallest absolute Gasteiger partial charge is 0.235 e. The molecule has 49 heavy (non-hydrogen) atoms. The Hall–Kier alpha value is -5.78. The van der Waals surface area contributed by atoms with Crippen LogP contribution in [0.15, 0.2) is 132 Å². The van der Waals surface area contributed by atoms with Gasteiger partial charge in [-0.05, 0) is 60.7 Å². The van der Waals surface area contributed by atoms with Crippen LogP contribution in [0.5, 0.6) is 0 Å². The van der Waals surface area contributed by atoms with Crippen LogP contribution in [0.1, 0.15) is 47.8 Å². The lowest BCUT2D eigenvalue weighted by atomic mass is 9.86. The standard InChI is InChI=1S/C44H29N3OS/c1-2-11-26(12-3-1)41-33-15-4-7-18-35(33)45-44(46-41)47-36-24-23-32-30-14-6-9-20-39(30)49-43(32)40(36)34-22-21-27(25-37(34)47)28-16-10-17-31-29-13-5-8-19-38(29)48-42(28)31/h1-2,4-11,13-15,17-25,28H,3,12,16H2. The molecular weight excluding hydrogens is 619 g/mol. The number of furan rings is 1. The van der Waals surface area contributed by atoms with Crippen LogP contribution in [-0.2, 0) is 0 Å². The fraction of sp³-hybridized carbons (Fsp3) is 0.0909. The molecule has 0 radical (unpaired) electrons. The van der Waals surface area contributed by atoms with Gasteiger partial charge < -0.3 is 4.42 Å². The Bertz CT molecular complexity index is 2930. The van der Waals surface area contributed by atoms with E-state index >= 15 is 0 Å². The van der Waals surface area contributed by atoms with E-state index in [9.17, 15) is 0 Å². The van der Waals surface area contributed by atoms with Crippen LogP contribution in [0.2, 0.25) is 0 Å². The maximum Gasteiger partial charge on any atom is 0.235 e. The zero-order valence-electron chi connectivity index (χ0n) is 26.6. The van der Waals surface area contributed by atoms with Crippen LogP contribution in [-0.4, -0.2) is 14.5 Å². The monoisotopic (exact) mass is 647 g/mol. The molecule has 5 aromatic carbocycles. The number of thiophene rings is 1. The van der Waals surface area contributed by atoms with Crippen LogP contribution in [0.25, 0.3) is 81.4 Å². The van der Waals surface area contributed by atoms with E-state index in [2.05, 4.69) is 132 Å². The Labute approximate surface area is 285 Å². The van der Waals surface area contributed by atoms with Crippen molar-refractivity contribution in [2.75, 3.05) is 0 Å². The number of aromatic nitrogens is 3. The van der Waals surface area contributed by atoms with Gasteiger partial charge in [-0.2, -0.15) is 0 Å². The van der Waals surface area contributed by atoms with Gasteiger partial charge in [0.05, 0.1) is 22.2 Å². The summed E-state index contributed by atoms with van der Waals surface area (Å²) in [4.78, 5) is 10.7. The first-order chi connectivity index (χ1) is 24.3. The summed E-state index contributed by atoms with van der Waals surface area (Å²) in [5.41, 5.74) is 8.82. The number of hydrogen-bond donors (Lipinski definition) is 0. The van der Waals surface area contributed by atoms with E-state index in [1.165, 1.54) is 53.0 Å². The summed E-state index contributed by atoms with van der Waals surface area (Å²) in [5, 5.41) is 7.32. The van der Waals surface area contributed by atoms with Gasteiger partial charge in [0.25, 0.3) is 0 Å². The minimum absolute atomic E-state index is 0.111. The van der Waals surface area contributed by atoms with Gasteiger partial charge in [0.1, 0.15) is 11.3 Å². The van der Waals surface area contributed by atoms with E-state index in [1.807, 2.05) is 17.4 Å². The third-order valence-corrected chi connectivity index (χ3v) is 11.6. The molecule has 4 nitrogen and oxygen atoms in total. The van der Waals surface area contributed by atoms with Crippen molar-refractivity contribution in [1.82, 2.24) is 14.5 Å². The maximum atomic E-state index is 6.57. The number of hydrogen-bond acceptors (Lipinski definition) is 4. The summed E-state index contributed by atoms with van der Waals surface area (Å²) in [6, 6.07) is 37.1. The summed E-state index contributed by atoms with van der Waals surface area (Å²) in [7, 11) is 0. The zero-order chi connectivity index (χ0) is 32.1. The van der Waals surface area contributed by atoms with E-state index < -0.39 is 0 Å². The zero-order valence-corrected chi connectivity index (χ0v) is 27.4. The van der Waals surface area contributed by atoms with Crippen LogP contribution in [0.3, 0.4) is 0 Å². The highest BCUT2D eigenvalue weighted by atomic mass is 32.1. The molecule has 9 aromatic rings. The largest absolute Gasteiger partial charge is 0.460 e. The number of allylic oxidation sites excluding steroid dienone is 5. The van der Waals surface area contributed by atoms with Crippen molar-refractivity contribution in [2.24, 2.45) is 0 Å². The van der Waals surface area contributed by atoms with E-state index in [-0.39, 0.29) is 5.92 Å². The molecule has 11 rings (SSSR count). The highest BCUT2D eigenvalue weighted by Crippen LogP contribution is 2.46. The lowest BCUT2D eigenvalue weighted by molar-refractivity contribution is 0.517. The third kappa shape index (κ3) is 3.97. The Morgan fingerprint density at radius 2 is 1.57 bits per heavy atom. The molecule has 4 aromatic heterocycles. The van der Waals surface area contributed by atoms with Crippen molar-refractivity contribution in [3.63, 3.8) is 0 Å². The van der Waals surface area contributed by atoms with Gasteiger partial charge in [-0.15, -0.1) is 11.3 Å². The van der Waals surface area contributed by atoms with Gasteiger partial charge in [0.15, 0.2) is 0 Å². The molecule has 0 amide bonds. The number of nitrogens with zero attached hydrogens (tertiary/aromatic N) is 3. The fourth-order valence-corrected chi connectivity index (χ4v) is 9.43. The molecule has 0 spiro atoms. The average molecular weight is 648 g/mol. The van der Waals surface area contributed by atoms with Crippen molar-refractivity contribution in [1.29, 1.82) is 0 Å². The first-order valence-corrected chi connectivity index (χ1v) is 17.8. The predicted molar refractivity (Wildman–Crippen MR) is 205 cm³/mol. The molecule has 1 unspecified atom stereocenters. The van der Waals surface area contributed by atoms with Crippen LogP contribution < -0.4 is 0 Å². The molecule has 1 atom stereocenters. The molecule has 0 fully saturated rings. The highest BCUT2D eigenvalue weighted by Gasteiger charge is 2.27. The third-order valence-electron chi connectivity index (χ3n) is 10.4. The van der Waals surface area contributed by atoms with E-state index in [4.69, 9.17) is 14.4 Å². The first kappa shape index (κ1) is 27.2. The fourth-order valence-electron chi connectivity index (χ4n) is 8.17. The number of rotatable bonds is 3. The molecule has 4 heterocycles. The van der Waals surface area contributed by atoms with Crippen LogP contribution in [0.4, 0.5) is 0 Å². The van der Waals surface area contributed by atoms with Crippen molar-refractivity contribution >= 4 is 86.8 Å². The molecule has 0 aliphatic heterocycles. The van der Waals surface area contributed by atoms with Gasteiger partial charge in [0.2, 0.25) is 5.95 Å². The highest BCUT2D eigenvalue weighted by molar-refractivity contribution is 7.26. The molecule has 2 aliphatic carbocycles. The van der Waals surface area contributed by atoms with Gasteiger partial charge in [-0.25, -0.2) is 9.97 Å². The minimum Gasteiger partial charge on any atom is -0.460 e. The lowest BCUT2D eigenvalue weighted by Gasteiger charge is -2.18. The molecule has 0 saturated carbocycles. The van der Waals surface area contributed by atoms with Gasteiger partial charge in [-0.3, -0.25) is 4.57 Å². The second-order valence-electron chi connectivity index (χ2n) is 13.2. The van der Waals surface area contributed by atoms with Crippen molar-refractivity contribution < 1.29 is 4.42 Å². The van der Waals surface area contributed by atoms with Crippen molar-refractivity contribution in [2.45, 2.75) is 25.2 Å². The average Bonchev–Trinajstić information content (AvgIpc) is 3.84. The van der Waals surface area contributed by atoms with E-state index in [0.29, 0.717) is 5.95 Å². The summed E-state index contributed by atoms with van der Waals surface area (Å²) in [6.45, 7) is 0. The molecule has 232 valence electrons. The summed E-state index contributed by atoms with van der Waals surface area (Å²) < 4.78 is 11.5. The Morgan fingerprint density at radius 1 is 0.735 bits per heavy atom. The topological polar surface area (TPSA) is 43.9 Å². The Balaban J connectivity index is 1.23. The SMILES string of the molecule is C1=CCCC(c2nc(-n3c4cc(C5CC=Cc6c5oc5ccccc65)ccc4c4c5sc6ccccc6c5ccc43)nc3ccccc23)=C1. The second-order valence-corrected chi connectivity index (χ2v) is 14.2. The number of para-hydroxylation sites is 2. The quantitative estimate of drug-likeness (QED) is 0.192. The summed E-state index contributed by atoms with van der Waals surface area (Å²) in [6.07, 6.45) is 14.0. The lowest BCUT2D eigenvalue weighted by Crippen LogP contribution is -2.07. The number of benzene rings is 5. The van der Waals surface area contributed by atoms with Crippen LogP contribution in [0, 0.1) is 0 Å².